The van der Waals surface area contributed by atoms with E-state index >= 15 is 0 Å². The van der Waals surface area contributed by atoms with Crippen molar-refractivity contribution in [3.63, 3.8) is 0 Å². The van der Waals surface area contributed by atoms with Crippen LogP contribution in [-0.4, -0.2) is 18.3 Å². The SMILES string of the molecule is CCC(C)c1ccc(N2CC(CCl)CC2=O)cc1. The molecule has 0 saturated carbocycles. The molecule has 0 aromatic heterocycles. The molecule has 2 rings (SSSR count). The Labute approximate surface area is 114 Å². The summed E-state index contributed by atoms with van der Waals surface area (Å²) in [6, 6.07) is 8.36. The van der Waals surface area contributed by atoms with Crippen LogP contribution in [0.1, 0.15) is 38.2 Å². The van der Waals surface area contributed by atoms with E-state index in [1.165, 1.54) is 5.56 Å². The monoisotopic (exact) mass is 265 g/mol. The number of halogens is 1. The zero-order valence-corrected chi connectivity index (χ0v) is 11.8. The van der Waals surface area contributed by atoms with Crippen molar-refractivity contribution in [3.05, 3.63) is 29.8 Å². The molecule has 0 radical (unpaired) electrons. The highest BCUT2D eigenvalue weighted by atomic mass is 35.5. The molecule has 1 aromatic rings. The number of amides is 1. The number of alkyl halides is 1. The molecule has 3 heteroatoms. The summed E-state index contributed by atoms with van der Waals surface area (Å²) in [6.07, 6.45) is 1.72. The molecule has 1 aromatic carbocycles. The predicted octanol–water partition coefficient (Wildman–Crippen LogP) is 3.79. The predicted molar refractivity (Wildman–Crippen MR) is 76.3 cm³/mol. The van der Waals surface area contributed by atoms with Crippen molar-refractivity contribution in [1.29, 1.82) is 0 Å². The van der Waals surface area contributed by atoms with Crippen LogP contribution >= 0.6 is 11.6 Å². The van der Waals surface area contributed by atoms with Gasteiger partial charge in [0.15, 0.2) is 0 Å². The first-order chi connectivity index (χ1) is 8.65. The largest absolute Gasteiger partial charge is 0.312 e. The highest BCUT2D eigenvalue weighted by molar-refractivity contribution is 6.18. The lowest BCUT2D eigenvalue weighted by Gasteiger charge is -2.18. The van der Waals surface area contributed by atoms with Crippen molar-refractivity contribution in [1.82, 2.24) is 0 Å². The molecule has 0 spiro atoms. The summed E-state index contributed by atoms with van der Waals surface area (Å²) in [4.78, 5) is 13.7. The van der Waals surface area contributed by atoms with Gasteiger partial charge in [0.05, 0.1) is 0 Å². The van der Waals surface area contributed by atoms with Gasteiger partial charge >= 0.3 is 0 Å². The normalized spacial score (nSPS) is 21.4. The maximum Gasteiger partial charge on any atom is 0.227 e. The van der Waals surface area contributed by atoms with Crippen molar-refractivity contribution in [2.75, 3.05) is 17.3 Å². The molecule has 2 atom stereocenters. The third-order valence-electron chi connectivity index (χ3n) is 3.81. The van der Waals surface area contributed by atoms with Crippen molar-refractivity contribution >= 4 is 23.2 Å². The Morgan fingerprint density at radius 3 is 2.56 bits per heavy atom. The molecule has 1 fully saturated rings. The molecule has 98 valence electrons. The first-order valence-electron chi connectivity index (χ1n) is 6.62. The molecule has 2 nitrogen and oxygen atoms in total. The van der Waals surface area contributed by atoms with Gasteiger partial charge in [0.2, 0.25) is 5.91 Å². The average Bonchev–Trinajstić information content (AvgIpc) is 2.79. The van der Waals surface area contributed by atoms with Gasteiger partial charge in [-0.1, -0.05) is 26.0 Å². The van der Waals surface area contributed by atoms with Gasteiger partial charge in [0, 0.05) is 24.5 Å². The van der Waals surface area contributed by atoms with E-state index < -0.39 is 0 Å². The summed E-state index contributed by atoms with van der Waals surface area (Å²) in [5, 5.41) is 0. The Balaban J connectivity index is 2.12. The third kappa shape index (κ3) is 2.69. The quantitative estimate of drug-likeness (QED) is 0.759. The van der Waals surface area contributed by atoms with Gasteiger partial charge in [0.1, 0.15) is 0 Å². The maximum atomic E-state index is 11.9. The number of carbonyl (C=O) groups excluding carboxylic acids is 1. The van der Waals surface area contributed by atoms with Crippen molar-refractivity contribution in [3.8, 4) is 0 Å². The van der Waals surface area contributed by atoms with Crippen molar-refractivity contribution in [2.45, 2.75) is 32.6 Å². The smallest absolute Gasteiger partial charge is 0.227 e. The minimum Gasteiger partial charge on any atom is -0.312 e. The van der Waals surface area contributed by atoms with Crippen LogP contribution in [0, 0.1) is 5.92 Å². The van der Waals surface area contributed by atoms with Gasteiger partial charge in [-0.2, -0.15) is 0 Å². The van der Waals surface area contributed by atoms with Crippen molar-refractivity contribution in [2.24, 2.45) is 5.92 Å². The van der Waals surface area contributed by atoms with Crippen LogP contribution in [0.2, 0.25) is 0 Å². The lowest BCUT2D eigenvalue weighted by Crippen LogP contribution is -2.24. The molecular weight excluding hydrogens is 246 g/mol. The van der Waals surface area contributed by atoms with Crippen molar-refractivity contribution < 1.29 is 4.79 Å². The van der Waals surface area contributed by atoms with Crippen LogP contribution in [0.25, 0.3) is 0 Å². The molecule has 1 saturated heterocycles. The summed E-state index contributed by atoms with van der Waals surface area (Å²) >= 11 is 5.83. The fourth-order valence-electron chi connectivity index (χ4n) is 2.35. The Morgan fingerprint density at radius 2 is 2.06 bits per heavy atom. The van der Waals surface area contributed by atoms with E-state index in [2.05, 4.69) is 38.1 Å². The third-order valence-corrected chi connectivity index (χ3v) is 4.25. The van der Waals surface area contributed by atoms with Crippen LogP contribution in [0.5, 0.6) is 0 Å². The average molecular weight is 266 g/mol. The molecule has 2 unspecified atom stereocenters. The first-order valence-corrected chi connectivity index (χ1v) is 7.15. The number of hydrogen-bond acceptors (Lipinski definition) is 1. The second-order valence-corrected chi connectivity index (χ2v) is 5.44. The molecular formula is C15H20ClNO. The number of anilines is 1. The van der Waals surface area contributed by atoms with Gasteiger partial charge in [0.25, 0.3) is 0 Å². The van der Waals surface area contributed by atoms with E-state index in [-0.39, 0.29) is 5.91 Å². The number of hydrogen-bond donors (Lipinski definition) is 0. The second-order valence-electron chi connectivity index (χ2n) is 5.13. The van der Waals surface area contributed by atoms with Gasteiger partial charge in [-0.25, -0.2) is 0 Å². The maximum absolute atomic E-state index is 11.9. The molecule has 1 aliphatic rings. The Hall–Kier alpha value is -1.02. The van der Waals surface area contributed by atoms with Crippen LogP contribution in [0.3, 0.4) is 0 Å². The molecule has 1 heterocycles. The topological polar surface area (TPSA) is 20.3 Å². The summed E-state index contributed by atoms with van der Waals surface area (Å²) in [5.74, 6) is 1.63. The molecule has 1 aliphatic heterocycles. The molecule has 18 heavy (non-hydrogen) atoms. The van der Waals surface area contributed by atoms with Gasteiger partial charge in [-0.05, 0) is 36.0 Å². The molecule has 1 amide bonds. The summed E-state index contributed by atoms with van der Waals surface area (Å²) in [5.41, 5.74) is 2.33. The van der Waals surface area contributed by atoms with Gasteiger partial charge in [-0.15, -0.1) is 11.6 Å². The fraction of sp³-hybridized carbons (Fsp3) is 0.533. The second kappa shape index (κ2) is 5.75. The van der Waals surface area contributed by atoms with Gasteiger partial charge < -0.3 is 4.90 Å². The van der Waals surface area contributed by atoms with Crippen LogP contribution < -0.4 is 4.90 Å². The zero-order chi connectivity index (χ0) is 13.1. The Bertz CT molecular complexity index is 415. The van der Waals surface area contributed by atoms with E-state index in [4.69, 9.17) is 11.6 Å². The van der Waals surface area contributed by atoms with E-state index in [0.29, 0.717) is 24.1 Å². The number of rotatable bonds is 4. The first kappa shape index (κ1) is 13.4. The van der Waals surface area contributed by atoms with E-state index in [0.717, 1.165) is 18.7 Å². The van der Waals surface area contributed by atoms with Crippen LogP contribution in [0.4, 0.5) is 5.69 Å². The zero-order valence-electron chi connectivity index (χ0n) is 11.0. The fourth-order valence-corrected chi connectivity index (χ4v) is 2.56. The van der Waals surface area contributed by atoms with Crippen LogP contribution in [0.15, 0.2) is 24.3 Å². The minimum atomic E-state index is 0.192. The van der Waals surface area contributed by atoms with Gasteiger partial charge in [-0.3, -0.25) is 4.79 Å². The number of carbonyl (C=O) groups is 1. The standard InChI is InChI=1S/C15H20ClNO/c1-3-11(2)13-4-6-14(7-5-13)17-10-12(9-16)8-15(17)18/h4-7,11-12H,3,8-10H2,1-2H3. The summed E-state index contributed by atoms with van der Waals surface area (Å²) < 4.78 is 0. The Kier molecular flexibility index (Phi) is 4.28. The lowest BCUT2D eigenvalue weighted by molar-refractivity contribution is -0.117. The summed E-state index contributed by atoms with van der Waals surface area (Å²) in [7, 11) is 0. The lowest BCUT2D eigenvalue weighted by atomic mass is 9.98. The summed E-state index contributed by atoms with van der Waals surface area (Å²) in [6.45, 7) is 5.16. The molecule has 0 aliphatic carbocycles. The van der Waals surface area contributed by atoms with E-state index in [1.807, 2.05) is 4.90 Å². The number of nitrogens with zero attached hydrogens (tertiary/aromatic N) is 1. The van der Waals surface area contributed by atoms with Crippen LogP contribution in [-0.2, 0) is 4.79 Å². The molecule has 0 bridgehead atoms. The van der Waals surface area contributed by atoms with E-state index in [1.54, 1.807) is 0 Å². The van der Waals surface area contributed by atoms with E-state index in [9.17, 15) is 4.79 Å². The number of benzene rings is 1. The molecule has 0 N–H and O–H groups in total. The highest BCUT2D eigenvalue weighted by Crippen LogP contribution is 2.27. The Morgan fingerprint density at radius 1 is 1.39 bits per heavy atom. The highest BCUT2D eigenvalue weighted by Gasteiger charge is 2.29. The minimum absolute atomic E-state index is 0.192.